The summed E-state index contributed by atoms with van der Waals surface area (Å²) >= 11 is 0. The van der Waals surface area contributed by atoms with E-state index in [0.717, 1.165) is 6.29 Å². The largest absolute Gasteiger partial charge is 0.304 e. The van der Waals surface area contributed by atoms with E-state index in [2.05, 4.69) is 0 Å². The van der Waals surface area contributed by atoms with Crippen LogP contribution in [0.3, 0.4) is 0 Å². The molecule has 3 aliphatic rings. The minimum Gasteiger partial charge on any atom is -0.304 e. The molecule has 3 rings (SSSR count). The van der Waals surface area contributed by atoms with E-state index in [-0.39, 0.29) is 5.78 Å². The molecule has 0 saturated heterocycles. The van der Waals surface area contributed by atoms with Crippen LogP contribution in [0.1, 0.15) is 59.3 Å². The smallest absolute Gasteiger partial charge is 0.126 e. The summed E-state index contributed by atoms with van der Waals surface area (Å²) in [5.41, 5.74) is 0. The normalized spacial score (nSPS) is 36.2. The third-order valence-corrected chi connectivity index (χ3v) is 4.35. The van der Waals surface area contributed by atoms with Crippen molar-refractivity contribution in [3.63, 3.8) is 0 Å². The van der Waals surface area contributed by atoms with Crippen LogP contribution in [0.2, 0.25) is 0 Å². The highest BCUT2D eigenvalue weighted by Gasteiger charge is 2.48. The number of aldehydes is 1. The Labute approximate surface area is 105 Å². The van der Waals surface area contributed by atoms with Crippen molar-refractivity contribution in [2.45, 2.75) is 59.3 Å². The minimum atomic E-state index is 0.167. The summed E-state index contributed by atoms with van der Waals surface area (Å²) in [6, 6.07) is 0. The van der Waals surface area contributed by atoms with Crippen LogP contribution in [0.4, 0.5) is 0 Å². The molecule has 4 atom stereocenters. The lowest BCUT2D eigenvalue weighted by Gasteiger charge is -2.23. The summed E-state index contributed by atoms with van der Waals surface area (Å²) in [6.07, 6.45) is 10.3. The van der Waals surface area contributed by atoms with Gasteiger partial charge in [-0.3, -0.25) is 0 Å². The van der Waals surface area contributed by atoms with Gasteiger partial charge in [-0.15, -0.1) is 0 Å². The van der Waals surface area contributed by atoms with Gasteiger partial charge in [-0.05, 0) is 76.5 Å². The number of carbonyl (C=O) groups is 2. The molecule has 0 amide bonds. The molecule has 0 radical (unpaired) electrons. The van der Waals surface area contributed by atoms with Gasteiger partial charge in [-0.25, -0.2) is 0 Å². The first-order valence-corrected chi connectivity index (χ1v) is 6.97. The first-order chi connectivity index (χ1) is 8.10. The topological polar surface area (TPSA) is 34.1 Å². The third-order valence-electron chi connectivity index (χ3n) is 4.35. The van der Waals surface area contributed by atoms with Gasteiger partial charge in [0.15, 0.2) is 0 Å². The Morgan fingerprint density at radius 3 is 1.71 bits per heavy atom. The standard InChI is InChI=1S/C10H16.C3H6O.C2H4O/c1-2-9-7-4-5-8(6-7)10(9)3-1;1-3(2)4;1-2-3/h7-10H,1-6H2;1-2H3;2H,1H3. The molecule has 0 aromatic carbocycles. The van der Waals surface area contributed by atoms with Gasteiger partial charge < -0.3 is 9.59 Å². The summed E-state index contributed by atoms with van der Waals surface area (Å²) in [5, 5.41) is 0. The fourth-order valence-electron chi connectivity index (χ4n) is 4.02. The van der Waals surface area contributed by atoms with Crippen LogP contribution < -0.4 is 0 Å². The number of carbonyl (C=O) groups excluding carboxylic acids is 2. The number of ketones is 1. The minimum absolute atomic E-state index is 0.167. The summed E-state index contributed by atoms with van der Waals surface area (Å²) in [6.45, 7) is 4.50. The van der Waals surface area contributed by atoms with E-state index < -0.39 is 0 Å². The number of fused-ring (bicyclic) bond motifs is 5. The molecule has 0 N–H and O–H groups in total. The average Bonchev–Trinajstić information content (AvgIpc) is 2.92. The van der Waals surface area contributed by atoms with E-state index in [1.807, 2.05) is 0 Å². The van der Waals surface area contributed by atoms with Crippen LogP contribution >= 0.6 is 0 Å². The van der Waals surface area contributed by atoms with Crippen LogP contribution in [0.5, 0.6) is 0 Å². The molecule has 0 aromatic heterocycles. The second kappa shape index (κ2) is 6.93. The molecule has 0 aliphatic heterocycles. The highest BCUT2D eigenvalue weighted by atomic mass is 16.1. The molecule has 2 heteroatoms. The van der Waals surface area contributed by atoms with Crippen molar-refractivity contribution in [1.82, 2.24) is 0 Å². The van der Waals surface area contributed by atoms with Gasteiger partial charge >= 0.3 is 0 Å². The summed E-state index contributed by atoms with van der Waals surface area (Å²) in [7, 11) is 0. The van der Waals surface area contributed by atoms with Gasteiger partial charge in [0, 0.05) is 0 Å². The molecule has 0 spiro atoms. The molecule has 3 aliphatic carbocycles. The van der Waals surface area contributed by atoms with E-state index in [1.54, 1.807) is 38.5 Å². The van der Waals surface area contributed by atoms with Gasteiger partial charge in [0.25, 0.3) is 0 Å². The SMILES string of the molecule is C1CC2C3CCC(C3)C2C1.CC(C)=O.CC=O. The number of rotatable bonds is 0. The fraction of sp³-hybridized carbons (Fsp3) is 0.867. The zero-order chi connectivity index (χ0) is 12.8. The van der Waals surface area contributed by atoms with Crippen LogP contribution in [0.25, 0.3) is 0 Å². The zero-order valence-electron chi connectivity index (χ0n) is 11.4. The van der Waals surface area contributed by atoms with E-state index in [1.165, 1.54) is 44.4 Å². The maximum absolute atomic E-state index is 9.44. The van der Waals surface area contributed by atoms with Crippen molar-refractivity contribution in [1.29, 1.82) is 0 Å². The first-order valence-electron chi connectivity index (χ1n) is 6.97. The predicted octanol–water partition coefficient (Wildman–Crippen LogP) is 3.63. The molecule has 2 bridgehead atoms. The Bertz CT molecular complexity index is 240. The number of hydrogen-bond acceptors (Lipinski definition) is 2. The molecule has 0 heterocycles. The lowest BCUT2D eigenvalue weighted by atomic mass is 9.82. The fourth-order valence-corrected chi connectivity index (χ4v) is 4.02. The maximum atomic E-state index is 9.44. The number of Topliss-reactive ketones (excluding diaryl/α,β-unsaturated/α-hetero) is 1. The van der Waals surface area contributed by atoms with Crippen molar-refractivity contribution in [2.24, 2.45) is 23.7 Å². The second-order valence-electron chi connectivity index (χ2n) is 5.74. The summed E-state index contributed by atoms with van der Waals surface area (Å²) < 4.78 is 0. The second-order valence-corrected chi connectivity index (χ2v) is 5.74. The highest BCUT2D eigenvalue weighted by Crippen LogP contribution is 2.58. The Hall–Kier alpha value is -0.660. The molecular formula is C15H26O2. The molecule has 17 heavy (non-hydrogen) atoms. The number of hydrogen-bond donors (Lipinski definition) is 0. The first kappa shape index (κ1) is 14.4. The van der Waals surface area contributed by atoms with Crippen molar-refractivity contribution in [3.05, 3.63) is 0 Å². The quantitative estimate of drug-likeness (QED) is 0.604. The van der Waals surface area contributed by atoms with Crippen molar-refractivity contribution < 1.29 is 9.59 Å². The van der Waals surface area contributed by atoms with Crippen molar-refractivity contribution in [3.8, 4) is 0 Å². The van der Waals surface area contributed by atoms with Gasteiger partial charge in [0.1, 0.15) is 12.1 Å². The Kier molecular flexibility index (Phi) is 5.87. The van der Waals surface area contributed by atoms with Crippen LogP contribution in [-0.4, -0.2) is 12.1 Å². The molecule has 4 unspecified atom stereocenters. The monoisotopic (exact) mass is 238 g/mol. The molecular weight excluding hydrogens is 212 g/mol. The zero-order valence-corrected chi connectivity index (χ0v) is 11.4. The van der Waals surface area contributed by atoms with Gasteiger partial charge in [0.05, 0.1) is 0 Å². The van der Waals surface area contributed by atoms with E-state index in [9.17, 15) is 4.79 Å². The van der Waals surface area contributed by atoms with Crippen molar-refractivity contribution in [2.75, 3.05) is 0 Å². The lowest BCUT2D eigenvalue weighted by Crippen LogP contribution is -2.15. The molecule has 0 aromatic rings. The Balaban J connectivity index is 0.000000177. The van der Waals surface area contributed by atoms with Gasteiger partial charge in [-0.1, -0.05) is 6.42 Å². The maximum Gasteiger partial charge on any atom is 0.126 e. The molecule has 98 valence electrons. The molecule has 3 fully saturated rings. The van der Waals surface area contributed by atoms with Gasteiger partial charge in [-0.2, -0.15) is 0 Å². The molecule has 2 nitrogen and oxygen atoms in total. The Morgan fingerprint density at radius 2 is 1.35 bits per heavy atom. The van der Waals surface area contributed by atoms with E-state index >= 15 is 0 Å². The highest BCUT2D eigenvalue weighted by molar-refractivity contribution is 5.72. The van der Waals surface area contributed by atoms with Crippen molar-refractivity contribution >= 4 is 12.1 Å². The van der Waals surface area contributed by atoms with Crippen LogP contribution in [-0.2, 0) is 9.59 Å². The predicted molar refractivity (Wildman–Crippen MR) is 69.8 cm³/mol. The van der Waals surface area contributed by atoms with E-state index in [4.69, 9.17) is 4.79 Å². The van der Waals surface area contributed by atoms with Crippen LogP contribution in [0.15, 0.2) is 0 Å². The molecule has 3 saturated carbocycles. The summed E-state index contributed by atoms with van der Waals surface area (Å²) in [5.74, 6) is 4.97. The van der Waals surface area contributed by atoms with E-state index in [0.29, 0.717) is 0 Å². The third kappa shape index (κ3) is 3.93. The van der Waals surface area contributed by atoms with Gasteiger partial charge in [0.2, 0.25) is 0 Å². The average molecular weight is 238 g/mol. The Morgan fingerprint density at radius 1 is 1.00 bits per heavy atom. The lowest BCUT2D eigenvalue weighted by molar-refractivity contribution is -0.115. The van der Waals surface area contributed by atoms with Crippen LogP contribution in [0, 0.1) is 23.7 Å². The summed E-state index contributed by atoms with van der Waals surface area (Å²) in [4.78, 5) is 18.2.